The molecule has 5 unspecified atom stereocenters. The third-order valence-corrected chi connectivity index (χ3v) is 9.06. The van der Waals surface area contributed by atoms with Gasteiger partial charge >= 0.3 is 0 Å². The van der Waals surface area contributed by atoms with Crippen LogP contribution in [-0.4, -0.2) is 52.1 Å². The van der Waals surface area contributed by atoms with Gasteiger partial charge in [0.2, 0.25) is 11.8 Å². The van der Waals surface area contributed by atoms with Crippen molar-refractivity contribution >= 4 is 17.4 Å². The highest BCUT2D eigenvalue weighted by atomic mass is 16.5. The summed E-state index contributed by atoms with van der Waals surface area (Å²) in [6, 6.07) is 30.6. The molecular formula is C36H31N3O4. The van der Waals surface area contributed by atoms with Gasteiger partial charge < -0.3 is 9.84 Å². The van der Waals surface area contributed by atoms with Crippen molar-refractivity contribution in [2.24, 2.45) is 23.7 Å². The van der Waals surface area contributed by atoms with E-state index in [1.807, 2.05) is 103 Å². The van der Waals surface area contributed by atoms with E-state index in [1.165, 1.54) is 4.90 Å². The van der Waals surface area contributed by atoms with Crippen LogP contribution in [0.3, 0.4) is 0 Å². The quantitative estimate of drug-likeness (QED) is 0.245. The first kappa shape index (κ1) is 27.1. The van der Waals surface area contributed by atoms with Crippen LogP contribution in [0.1, 0.15) is 22.5 Å². The molecule has 7 rings (SSSR count). The van der Waals surface area contributed by atoms with E-state index in [2.05, 4.69) is 4.98 Å². The van der Waals surface area contributed by atoms with E-state index in [-0.39, 0.29) is 25.0 Å². The largest absolute Gasteiger partial charge is 0.383 e. The molecule has 1 aliphatic heterocycles. The second-order valence-electron chi connectivity index (χ2n) is 11.2. The normalized spacial score (nSPS) is 25.0. The van der Waals surface area contributed by atoms with Crippen molar-refractivity contribution in [1.82, 2.24) is 14.9 Å². The Balaban J connectivity index is 1.50. The molecule has 2 aliphatic carbocycles. The number of hydrogen-bond donors (Lipinski definition) is 1. The third kappa shape index (κ3) is 4.19. The lowest BCUT2D eigenvalue weighted by Crippen LogP contribution is -2.39. The van der Waals surface area contributed by atoms with Crippen LogP contribution in [0, 0.1) is 23.7 Å². The van der Waals surface area contributed by atoms with Gasteiger partial charge in [0.15, 0.2) is 5.60 Å². The van der Waals surface area contributed by atoms with Crippen molar-refractivity contribution < 1.29 is 19.4 Å². The summed E-state index contributed by atoms with van der Waals surface area (Å²) in [4.78, 5) is 38.8. The highest BCUT2D eigenvalue weighted by Gasteiger charge is 2.66. The van der Waals surface area contributed by atoms with E-state index >= 15 is 0 Å². The molecular weight excluding hydrogens is 538 g/mol. The second-order valence-corrected chi connectivity index (χ2v) is 11.2. The van der Waals surface area contributed by atoms with Gasteiger partial charge in [-0.3, -0.25) is 24.5 Å². The predicted octanol–water partition coefficient (Wildman–Crippen LogP) is 4.65. The summed E-state index contributed by atoms with van der Waals surface area (Å²) in [6.45, 7) is 0.463. The maximum absolute atomic E-state index is 14.2. The molecule has 5 atom stereocenters. The first-order valence-electron chi connectivity index (χ1n) is 14.5. The molecule has 7 nitrogen and oxygen atoms in total. The molecule has 0 spiro atoms. The molecule has 3 heterocycles. The molecule has 1 N–H and O–H groups in total. The van der Waals surface area contributed by atoms with Gasteiger partial charge in [0.25, 0.3) is 0 Å². The van der Waals surface area contributed by atoms with Crippen molar-refractivity contribution in [3.8, 4) is 0 Å². The van der Waals surface area contributed by atoms with Gasteiger partial charge in [-0.1, -0.05) is 78.9 Å². The topological polar surface area (TPSA) is 92.6 Å². The Kier molecular flexibility index (Phi) is 6.84. The zero-order valence-electron chi connectivity index (χ0n) is 23.7. The number of pyridine rings is 2. The average Bonchev–Trinajstić information content (AvgIpc) is 3.68. The lowest BCUT2D eigenvalue weighted by atomic mass is 9.71. The Morgan fingerprint density at radius 2 is 1.49 bits per heavy atom. The molecule has 1 saturated heterocycles. The number of allylic oxidation sites excluding steroid dienone is 2. The van der Waals surface area contributed by atoms with Crippen LogP contribution in [0.15, 0.2) is 127 Å². The van der Waals surface area contributed by atoms with Crippen molar-refractivity contribution in [3.63, 3.8) is 0 Å². The molecule has 2 amide bonds. The standard InChI is InChI=1S/C36H31N3O4/c1-43-21-20-39-34(40)31-25-22-26(36(42,24-14-6-3-7-15-24)28-17-9-11-19-38-28)32(33(31)35(39)41)30(25)29(23-12-4-2-5-13-23)27-16-8-10-18-37-27/h2-19,22,25,31-33,42H,20-21H2,1H3/b30-29-. The van der Waals surface area contributed by atoms with Crippen LogP contribution in [0.4, 0.5) is 0 Å². The fourth-order valence-electron chi connectivity index (χ4n) is 7.32. The molecule has 4 aromatic rings. The van der Waals surface area contributed by atoms with Gasteiger partial charge in [-0.05, 0) is 46.5 Å². The number of fused-ring (bicyclic) bond motifs is 5. The molecule has 2 fully saturated rings. The Bertz CT molecular complexity index is 1640. The monoisotopic (exact) mass is 569 g/mol. The van der Waals surface area contributed by atoms with E-state index in [0.717, 1.165) is 22.4 Å². The lowest BCUT2D eigenvalue weighted by molar-refractivity contribution is -0.141. The maximum atomic E-state index is 14.2. The zero-order chi connectivity index (χ0) is 29.6. The Morgan fingerprint density at radius 3 is 2.14 bits per heavy atom. The van der Waals surface area contributed by atoms with E-state index in [0.29, 0.717) is 16.8 Å². The number of likely N-dealkylation sites (tertiary alicyclic amines) is 1. The Morgan fingerprint density at radius 1 is 0.837 bits per heavy atom. The minimum Gasteiger partial charge on any atom is -0.383 e. The van der Waals surface area contributed by atoms with E-state index < -0.39 is 29.3 Å². The molecule has 2 aromatic carbocycles. The SMILES string of the molecule is COCCN1C(=O)C2C3C=C(C(O)(c4ccccc4)c4ccccn4)C(/C3=C(/c3ccccc3)c3ccccn3)C2C1=O. The summed E-state index contributed by atoms with van der Waals surface area (Å²) in [7, 11) is 1.56. The predicted molar refractivity (Wildman–Crippen MR) is 161 cm³/mol. The number of aliphatic hydroxyl groups is 1. The van der Waals surface area contributed by atoms with Gasteiger partial charge in [-0.2, -0.15) is 0 Å². The number of benzene rings is 2. The van der Waals surface area contributed by atoms with Crippen LogP contribution >= 0.6 is 0 Å². The number of methoxy groups -OCH3 is 1. The highest BCUT2D eigenvalue weighted by molar-refractivity contribution is 6.08. The lowest BCUT2D eigenvalue weighted by Gasteiger charge is -2.36. The van der Waals surface area contributed by atoms with Gasteiger partial charge in [0.1, 0.15) is 0 Å². The van der Waals surface area contributed by atoms with E-state index in [1.54, 1.807) is 19.5 Å². The number of carbonyl (C=O) groups is 2. The number of imide groups is 1. The van der Waals surface area contributed by atoms with Crippen LogP contribution in [0.5, 0.6) is 0 Å². The van der Waals surface area contributed by atoms with Gasteiger partial charge in [0, 0.05) is 36.9 Å². The summed E-state index contributed by atoms with van der Waals surface area (Å²) in [5, 5.41) is 12.9. The first-order chi connectivity index (χ1) is 21.1. The maximum Gasteiger partial charge on any atom is 0.234 e. The first-order valence-corrected chi connectivity index (χ1v) is 14.5. The summed E-state index contributed by atoms with van der Waals surface area (Å²) in [5.41, 5.74) is 3.67. The number of hydrogen-bond acceptors (Lipinski definition) is 6. The van der Waals surface area contributed by atoms with Crippen molar-refractivity contribution in [1.29, 1.82) is 0 Å². The Hall–Kier alpha value is -4.72. The molecule has 0 radical (unpaired) electrons. The number of rotatable bonds is 8. The fourth-order valence-corrected chi connectivity index (χ4v) is 7.32. The van der Waals surface area contributed by atoms with E-state index in [9.17, 15) is 14.7 Å². The number of carbonyl (C=O) groups excluding carboxylic acids is 2. The average molecular weight is 570 g/mol. The number of amides is 2. The number of aromatic nitrogens is 2. The molecule has 1 saturated carbocycles. The minimum atomic E-state index is -1.63. The Labute approximate surface area is 250 Å². The van der Waals surface area contributed by atoms with Crippen molar-refractivity contribution in [2.45, 2.75) is 5.60 Å². The molecule has 3 aliphatic rings. The molecule has 214 valence electrons. The van der Waals surface area contributed by atoms with Crippen molar-refractivity contribution in [3.05, 3.63) is 149 Å². The van der Waals surface area contributed by atoms with E-state index in [4.69, 9.17) is 9.72 Å². The third-order valence-electron chi connectivity index (χ3n) is 9.06. The number of nitrogens with zero attached hydrogens (tertiary/aromatic N) is 3. The minimum absolute atomic E-state index is 0.193. The van der Waals surface area contributed by atoms with Gasteiger partial charge in [-0.25, -0.2) is 0 Å². The summed E-state index contributed by atoms with van der Waals surface area (Å²) in [6.07, 6.45) is 5.44. The molecule has 2 bridgehead atoms. The number of ether oxygens (including phenoxy) is 1. The fraction of sp³-hybridized carbons (Fsp3) is 0.222. The zero-order valence-corrected chi connectivity index (χ0v) is 23.7. The summed E-state index contributed by atoms with van der Waals surface area (Å²) in [5.74, 6) is -2.62. The molecule has 2 aromatic heterocycles. The van der Waals surface area contributed by atoms with Crippen LogP contribution in [-0.2, 0) is 19.9 Å². The van der Waals surface area contributed by atoms with Crippen molar-refractivity contribution in [2.75, 3.05) is 20.3 Å². The van der Waals surface area contributed by atoms with Crippen LogP contribution in [0.2, 0.25) is 0 Å². The second kappa shape index (κ2) is 10.8. The van der Waals surface area contributed by atoms with Gasteiger partial charge in [0.05, 0.1) is 36.4 Å². The van der Waals surface area contributed by atoms with Gasteiger partial charge in [-0.15, -0.1) is 0 Å². The highest BCUT2D eigenvalue weighted by Crippen LogP contribution is 2.64. The smallest absolute Gasteiger partial charge is 0.234 e. The molecule has 7 heteroatoms. The van der Waals surface area contributed by atoms with Crippen LogP contribution < -0.4 is 0 Å². The molecule has 43 heavy (non-hydrogen) atoms. The summed E-state index contributed by atoms with van der Waals surface area (Å²) >= 11 is 0. The summed E-state index contributed by atoms with van der Waals surface area (Å²) < 4.78 is 5.23. The van der Waals surface area contributed by atoms with Crippen LogP contribution in [0.25, 0.3) is 5.57 Å².